The fourth-order valence-electron chi connectivity index (χ4n) is 4.57. The molecule has 0 spiro atoms. The van der Waals surface area contributed by atoms with Gasteiger partial charge in [0.2, 0.25) is 0 Å². The molecule has 0 saturated heterocycles. The van der Waals surface area contributed by atoms with Crippen molar-refractivity contribution in [3.05, 3.63) is 93.8 Å². The van der Waals surface area contributed by atoms with E-state index in [1.807, 2.05) is 42.5 Å². The van der Waals surface area contributed by atoms with Crippen LogP contribution in [0.5, 0.6) is 0 Å². The molecule has 10 heteroatoms. The lowest BCUT2D eigenvalue weighted by Crippen LogP contribution is -2.41. The van der Waals surface area contributed by atoms with E-state index in [1.54, 1.807) is 0 Å². The van der Waals surface area contributed by atoms with Crippen molar-refractivity contribution in [1.82, 2.24) is 9.29 Å². The Morgan fingerprint density at radius 1 is 1.11 bits per heavy atom. The summed E-state index contributed by atoms with van der Waals surface area (Å²) in [7, 11) is 0. The van der Waals surface area contributed by atoms with Crippen LogP contribution >= 0.6 is 11.9 Å². The van der Waals surface area contributed by atoms with E-state index in [1.165, 1.54) is 12.1 Å². The van der Waals surface area contributed by atoms with Crippen molar-refractivity contribution < 1.29 is 23.1 Å². The number of anilines is 1. The van der Waals surface area contributed by atoms with Gasteiger partial charge in [-0.2, -0.15) is 13.2 Å². The molecular formula is C26H20F3N3O3S. The molecule has 5 rings (SSSR count). The Labute approximate surface area is 207 Å². The number of aromatic nitrogens is 1. The van der Waals surface area contributed by atoms with E-state index in [-0.39, 0.29) is 29.2 Å². The molecule has 0 fully saturated rings. The Balaban J connectivity index is 1.82. The minimum atomic E-state index is -4.59. The molecule has 0 bridgehead atoms. The number of pyridine rings is 1. The van der Waals surface area contributed by atoms with E-state index >= 15 is 0 Å². The van der Waals surface area contributed by atoms with Crippen molar-refractivity contribution in [3.8, 4) is 11.1 Å². The van der Waals surface area contributed by atoms with Crippen LogP contribution in [0.1, 0.15) is 22.7 Å². The smallest absolute Gasteiger partial charge is 0.416 e. The average molecular weight is 512 g/mol. The molecule has 1 unspecified atom stereocenters. The summed E-state index contributed by atoms with van der Waals surface area (Å²) in [6.45, 7) is -0.0446. The minimum Gasteiger partial charge on any atom is -0.480 e. The van der Waals surface area contributed by atoms with E-state index in [9.17, 15) is 27.9 Å². The van der Waals surface area contributed by atoms with Gasteiger partial charge in [0.25, 0.3) is 5.56 Å². The van der Waals surface area contributed by atoms with E-state index in [4.69, 9.17) is 5.73 Å². The second kappa shape index (κ2) is 9.03. The molecule has 36 heavy (non-hydrogen) atoms. The number of alkyl halides is 3. The topological polar surface area (TPSA) is 97.4 Å². The number of benzene rings is 3. The number of carbonyl (C=O) groups is 1. The maximum absolute atomic E-state index is 13.6. The molecule has 0 radical (unpaired) electrons. The van der Waals surface area contributed by atoms with Gasteiger partial charge in [-0.05, 0) is 51.5 Å². The molecule has 0 aliphatic carbocycles. The van der Waals surface area contributed by atoms with Gasteiger partial charge in [0.15, 0.2) is 0 Å². The number of carboxylic acids is 1. The van der Waals surface area contributed by atoms with E-state index in [0.717, 1.165) is 45.0 Å². The van der Waals surface area contributed by atoms with Gasteiger partial charge >= 0.3 is 12.1 Å². The van der Waals surface area contributed by atoms with Gasteiger partial charge in [0.1, 0.15) is 16.8 Å². The molecule has 3 aromatic carbocycles. The molecule has 0 amide bonds. The molecule has 1 aliphatic rings. The zero-order chi connectivity index (χ0) is 25.6. The largest absolute Gasteiger partial charge is 0.480 e. The van der Waals surface area contributed by atoms with Gasteiger partial charge < -0.3 is 10.8 Å². The Kier molecular flexibility index (Phi) is 6.01. The van der Waals surface area contributed by atoms with Crippen LogP contribution in [0.4, 0.5) is 18.9 Å². The maximum atomic E-state index is 13.6. The summed E-state index contributed by atoms with van der Waals surface area (Å²) in [5.74, 6) is -1.25. The summed E-state index contributed by atoms with van der Waals surface area (Å²) in [6, 6.07) is 16.8. The standard InChI is InChI=1S/C26H20F3N3O3S/c27-26(28,29)17-9-4-8-16(11-17)21-19(12-15-7-3-6-14-5-1-2-10-18(14)15)22(30)23(33)32-20(25(34)35)13-31-36-24(21)32/h1-11,20,31H,12-13,30H2,(H,34,35). The number of nitrogens with two attached hydrogens (primary N) is 1. The molecule has 4 aromatic rings. The van der Waals surface area contributed by atoms with Crippen molar-refractivity contribution in [3.63, 3.8) is 0 Å². The zero-order valence-corrected chi connectivity index (χ0v) is 19.5. The predicted octanol–water partition coefficient (Wildman–Crippen LogP) is 5.10. The zero-order valence-electron chi connectivity index (χ0n) is 18.7. The van der Waals surface area contributed by atoms with Crippen LogP contribution in [0.2, 0.25) is 0 Å². The van der Waals surface area contributed by atoms with Crippen molar-refractivity contribution in [2.75, 3.05) is 12.3 Å². The summed E-state index contributed by atoms with van der Waals surface area (Å²) in [5.41, 5.74) is 6.29. The fourth-order valence-corrected chi connectivity index (χ4v) is 5.60. The van der Waals surface area contributed by atoms with Crippen LogP contribution < -0.4 is 16.0 Å². The summed E-state index contributed by atoms with van der Waals surface area (Å²) in [4.78, 5) is 25.3. The maximum Gasteiger partial charge on any atom is 0.416 e. The quantitative estimate of drug-likeness (QED) is 0.330. The number of nitrogens with zero attached hydrogens (tertiary/aromatic N) is 1. The highest BCUT2D eigenvalue weighted by molar-refractivity contribution is 7.97. The molecule has 1 aliphatic heterocycles. The number of hydrogen-bond acceptors (Lipinski definition) is 5. The van der Waals surface area contributed by atoms with Gasteiger partial charge in [0.05, 0.1) is 5.56 Å². The van der Waals surface area contributed by atoms with Crippen molar-refractivity contribution >= 4 is 34.4 Å². The minimum absolute atomic E-state index is 0.0446. The Hall–Kier alpha value is -3.76. The lowest BCUT2D eigenvalue weighted by Gasteiger charge is -2.29. The number of nitrogens with one attached hydrogen (secondary N) is 1. The molecular weight excluding hydrogens is 491 g/mol. The molecule has 184 valence electrons. The number of carboxylic acid groups (broad SMARTS) is 1. The van der Waals surface area contributed by atoms with Crippen LogP contribution in [0.3, 0.4) is 0 Å². The second-order valence-corrected chi connectivity index (χ2v) is 9.33. The highest BCUT2D eigenvalue weighted by atomic mass is 32.2. The molecule has 6 nitrogen and oxygen atoms in total. The SMILES string of the molecule is Nc1c(Cc2cccc3ccccc23)c(-c2cccc(C(F)(F)F)c2)c2n(c1=O)C(C(=O)O)CNS2. The van der Waals surface area contributed by atoms with Crippen LogP contribution in [0.25, 0.3) is 21.9 Å². The van der Waals surface area contributed by atoms with Crippen LogP contribution in [0.15, 0.2) is 76.6 Å². The number of hydrogen-bond donors (Lipinski definition) is 3. The number of rotatable bonds is 4. The molecule has 1 atom stereocenters. The Morgan fingerprint density at radius 3 is 2.58 bits per heavy atom. The normalized spacial score (nSPS) is 15.6. The third-order valence-corrected chi connectivity index (χ3v) is 7.18. The van der Waals surface area contributed by atoms with E-state index in [2.05, 4.69) is 4.72 Å². The first kappa shape index (κ1) is 24.0. The van der Waals surface area contributed by atoms with Crippen molar-refractivity contribution in [1.29, 1.82) is 0 Å². The predicted molar refractivity (Wildman–Crippen MR) is 133 cm³/mol. The third kappa shape index (κ3) is 4.12. The van der Waals surface area contributed by atoms with Gasteiger partial charge in [-0.1, -0.05) is 54.6 Å². The van der Waals surface area contributed by atoms with Crippen molar-refractivity contribution in [2.45, 2.75) is 23.7 Å². The summed E-state index contributed by atoms with van der Waals surface area (Å²) < 4.78 is 44.7. The van der Waals surface area contributed by atoms with Gasteiger partial charge in [-0.3, -0.25) is 14.1 Å². The highest BCUT2D eigenvalue weighted by Gasteiger charge is 2.34. The molecule has 4 N–H and O–H groups in total. The fraction of sp³-hybridized carbons (Fsp3) is 0.154. The van der Waals surface area contributed by atoms with E-state index in [0.29, 0.717) is 11.1 Å². The number of halogens is 3. The summed E-state index contributed by atoms with van der Waals surface area (Å²) >= 11 is 1.01. The lowest BCUT2D eigenvalue weighted by molar-refractivity contribution is -0.141. The number of aliphatic carboxylic acids is 1. The first-order valence-corrected chi connectivity index (χ1v) is 11.8. The van der Waals surface area contributed by atoms with Gasteiger partial charge in [-0.15, -0.1) is 0 Å². The van der Waals surface area contributed by atoms with Gasteiger partial charge in [-0.25, -0.2) is 4.79 Å². The molecule has 0 saturated carbocycles. The van der Waals surface area contributed by atoms with Crippen LogP contribution in [0, 0.1) is 0 Å². The highest BCUT2D eigenvalue weighted by Crippen LogP contribution is 2.41. The second-order valence-electron chi connectivity index (χ2n) is 8.45. The Morgan fingerprint density at radius 2 is 1.83 bits per heavy atom. The summed E-state index contributed by atoms with van der Waals surface area (Å²) in [5, 5.41) is 11.8. The number of nitrogen functional groups attached to an aromatic ring is 1. The van der Waals surface area contributed by atoms with Crippen LogP contribution in [-0.2, 0) is 17.4 Å². The molecule has 1 aromatic heterocycles. The van der Waals surface area contributed by atoms with Crippen molar-refractivity contribution in [2.24, 2.45) is 0 Å². The molecule has 2 heterocycles. The average Bonchev–Trinajstić information content (AvgIpc) is 2.86. The Bertz CT molecular complexity index is 1560. The number of fused-ring (bicyclic) bond motifs is 2. The van der Waals surface area contributed by atoms with E-state index < -0.39 is 29.3 Å². The lowest BCUT2D eigenvalue weighted by atomic mass is 9.92. The van der Waals surface area contributed by atoms with Gasteiger partial charge in [0, 0.05) is 18.5 Å². The first-order chi connectivity index (χ1) is 17.2. The first-order valence-electron chi connectivity index (χ1n) is 11.0. The monoisotopic (exact) mass is 511 g/mol. The third-order valence-electron chi connectivity index (χ3n) is 6.28. The van der Waals surface area contributed by atoms with Crippen LogP contribution in [-0.4, -0.2) is 22.2 Å². The summed E-state index contributed by atoms with van der Waals surface area (Å²) in [6.07, 6.45) is -4.42.